The third-order valence-corrected chi connectivity index (χ3v) is 4.06. The highest BCUT2D eigenvalue weighted by atomic mass is 32.2. The third-order valence-electron chi connectivity index (χ3n) is 2.93. The molecule has 2 N–H and O–H groups in total. The molecule has 1 aliphatic rings. The van der Waals surface area contributed by atoms with Gasteiger partial charge in [0, 0.05) is 24.1 Å². The smallest absolute Gasteiger partial charge is 0.175 e. The van der Waals surface area contributed by atoms with Gasteiger partial charge in [-0.25, -0.2) is 8.42 Å². The van der Waals surface area contributed by atoms with Crippen molar-refractivity contribution in [1.29, 1.82) is 0 Å². The Morgan fingerprint density at radius 2 is 1.84 bits per heavy atom. The average molecular weight is 276 g/mol. The number of hydrogen-bond donors (Lipinski definition) is 1. The fraction of sp³-hybridized carbons (Fsp3) is 0.214. The lowest BCUT2D eigenvalue weighted by atomic mass is 10.0. The molecule has 4 nitrogen and oxygen atoms in total. The van der Waals surface area contributed by atoms with Crippen molar-refractivity contribution in [3.05, 3.63) is 47.7 Å². The quantitative estimate of drug-likeness (QED) is 0.901. The molecule has 0 radical (unpaired) electrons. The first-order valence-electron chi connectivity index (χ1n) is 5.88. The Kier molecular flexibility index (Phi) is 3.57. The van der Waals surface area contributed by atoms with E-state index in [0.29, 0.717) is 4.90 Å². The molecule has 2 rings (SSSR count). The van der Waals surface area contributed by atoms with Crippen LogP contribution in [0.4, 0.5) is 5.69 Å². The molecule has 0 heterocycles. The topological polar surface area (TPSA) is 72.5 Å². The van der Waals surface area contributed by atoms with E-state index < -0.39 is 9.84 Å². The van der Waals surface area contributed by atoms with E-state index in [-0.39, 0.29) is 0 Å². The number of allylic oxidation sites excluding steroid dienone is 3. The normalized spacial score (nSPS) is 18.1. The zero-order valence-electron chi connectivity index (χ0n) is 10.9. The Morgan fingerprint density at radius 1 is 1.21 bits per heavy atom. The van der Waals surface area contributed by atoms with Crippen molar-refractivity contribution in [3.8, 4) is 0 Å². The molecule has 19 heavy (non-hydrogen) atoms. The third kappa shape index (κ3) is 3.32. The lowest BCUT2D eigenvalue weighted by Gasteiger charge is -2.09. The van der Waals surface area contributed by atoms with E-state index in [0.717, 1.165) is 29.1 Å². The van der Waals surface area contributed by atoms with Gasteiger partial charge in [-0.3, -0.25) is 4.99 Å². The van der Waals surface area contributed by atoms with Gasteiger partial charge < -0.3 is 5.73 Å². The molecule has 5 heteroatoms. The summed E-state index contributed by atoms with van der Waals surface area (Å²) in [7, 11) is -3.16. The molecule has 1 aromatic carbocycles. The summed E-state index contributed by atoms with van der Waals surface area (Å²) in [6.45, 7) is 1.96. The van der Waals surface area contributed by atoms with Gasteiger partial charge in [0.15, 0.2) is 9.84 Å². The Hall–Kier alpha value is -1.88. The molecule has 0 fully saturated rings. The summed E-state index contributed by atoms with van der Waals surface area (Å²) in [5.74, 6) is 0. The lowest BCUT2D eigenvalue weighted by Crippen LogP contribution is -2.08. The van der Waals surface area contributed by atoms with Crippen LogP contribution in [0.2, 0.25) is 0 Å². The van der Waals surface area contributed by atoms with Crippen LogP contribution in [0, 0.1) is 0 Å². The number of nitrogens with two attached hydrogens (primary N) is 1. The van der Waals surface area contributed by atoms with Gasteiger partial charge in [-0.2, -0.15) is 0 Å². The van der Waals surface area contributed by atoms with Crippen LogP contribution in [0.3, 0.4) is 0 Å². The van der Waals surface area contributed by atoms with Crippen molar-refractivity contribution in [3.63, 3.8) is 0 Å². The van der Waals surface area contributed by atoms with Gasteiger partial charge in [-0.1, -0.05) is 6.08 Å². The van der Waals surface area contributed by atoms with E-state index in [1.165, 1.54) is 6.26 Å². The molecule has 0 aromatic heterocycles. The fourth-order valence-electron chi connectivity index (χ4n) is 1.74. The molecular weight excluding hydrogens is 260 g/mol. The molecule has 0 bridgehead atoms. The highest BCUT2D eigenvalue weighted by Crippen LogP contribution is 2.19. The Bertz CT molecular complexity index is 681. The number of sulfone groups is 1. The highest BCUT2D eigenvalue weighted by molar-refractivity contribution is 7.90. The van der Waals surface area contributed by atoms with Crippen LogP contribution in [0.25, 0.3) is 0 Å². The maximum Gasteiger partial charge on any atom is 0.175 e. The second-order valence-electron chi connectivity index (χ2n) is 4.56. The molecule has 0 atom stereocenters. The van der Waals surface area contributed by atoms with E-state index in [4.69, 9.17) is 5.73 Å². The first-order chi connectivity index (χ1) is 8.86. The fourth-order valence-corrected chi connectivity index (χ4v) is 2.37. The second-order valence-corrected chi connectivity index (χ2v) is 6.58. The maximum absolute atomic E-state index is 11.3. The van der Waals surface area contributed by atoms with Crippen LogP contribution in [-0.4, -0.2) is 20.4 Å². The summed E-state index contributed by atoms with van der Waals surface area (Å²) in [5.41, 5.74) is 9.21. The van der Waals surface area contributed by atoms with Crippen molar-refractivity contribution in [1.82, 2.24) is 0 Å². The van der Waals surface area contributed by atoms with Crippen LogP contribution < -0.4 is 5.73 Å². The van der Waals surface area contributed by atoms with Crippen molar-refractivity contribution in [2.24, 2.45) is 10.7 Å². The first-order valence-corrected chi connectivity index (χ1v) is 7.77. The van der Waals surface area contributed by atoms with Gasteiger partial charge in [-0.15, -0.1) is 0 Å². The van der Waals surface area contributed by atoms with Gasteiger partial charge in [0.2, 0.25) is 0 Å². The lowest BCUT2D eigenvalue weighted by molar-refractivity contribution is 0.602. The van der Waals surface area contributed by atoms with E-state index in [2.05, 4.69) is 4.99 Å². The zero-order chi connectivity index (χ0) is 14.0. The number of benzene rings is 1. The Labute approximate surface area is 113 Å². The maximum atomic E-state index is 11.3. The van der Waals surface area contributed by atoms with Crippen LogP contribution >= 0.6 is 0 Å². The van der Waals surface area contributed by atoms with Crippen molar-refractivity contribution in [2.45, 2.75) is 18.2 Å². The van der Waals surface area contributed by atoms with Gasteiger partial charge in [0.25, 0.3) is 0 Å². The summed E-state index contributed by atoms with van der Waals surface area (Å²) >= 11 is 0. The van der Waals surface area contributed by atoms with E-state index >= 15 is 0 Å². The molecular formula is C14H16N2O2S. The summed E-state index contributed by atoms with van der Waals surface area (Å²) < 4.78 is 22.7. The molecule has 0 saturated carbocycles. The predicted molar refractivity (Wildman–Crippen MR) is 77.3 cm³/mol. The van der Waals surface area contributed by atoms with Crippen molar-refractivity contribution < 1.29 is 8.42 Å². The molecule has 0 amide bonds. The first kappa shape index (κ1) is 13.5. The van der Waals surface area contributed by atoms with Crippen LogP contribution in [-0.2, 0) is 9.84 Å². The van der Waals surface area contributed by atoms with E-state index in [1.54, 1.807) is 24.3 Å². The SMILES string of the molecule is CC1=CCC(=Nc2ccc(S(C)(=O)=O)cc2)C=C1N. The number of rotatable bonds is 2. The summed E-state index contributed by atoms with van der Waals surface area (Å²) in [5, 5.41) is 0. The molecule has 0 saturated heterocycles. The standard InChI is InChI=1S/C14H16N2O2S/c1-10-3-4-12(9-14(10)15)16-11-5-7-13(8-6-11)19(2,17)18/h3,5-9H,4,15H2,1-2H3. The minimum atomic E-state index is -3.16. The summed E-state index contributed by atoms with van der Waals surface area (Å²) in [6.07, 6.45) is 5.80. The zero-order valence-corrected chi connectivity index (χ0v) is 11.7. The van der Waals surface area contributed by atoms with Gasteiger partial charge in [-0.05, 0) is 42.8 Å². The average Bonchev–Trinajstić information content (AvgIpc) is 2.33. The van der Waals surface area contributed by atoms with E-state index in [9.17, 15) is 8.42 Å². The largest absolute Gasteiger partial charge is 0.398 e. The molecule has 0 spiro atoms. The minimum Gasteiger partial charge on any atom is -0.398 e. The Balaban J connectivity index is 2.26. The number of aliphatic imine (C=N–C) groups is 1. The molecule has 0 aliphatic heterocycles. The monoisotopic (exact) mass is 276 g/mol. The number of nitrogens with zero attached hydrogens (tertiary/aromatic N) is 1. The number of hydrogen-bond acceptors (Lipinski definition) is 4. The second kappa shape index (κ2) is 5.01. The van der Waals surface area contributed by atoms with Crippen LogP contribution in [0.5, 0.6) is 0 Å². The van der Waals surface area contributed by atoms with Crippen LogP contribution in [0.15, 0.2) is 57.6 Å². The van der Waals surface area contributed by atoms with Crippen molar-refractivity contribution in [2.75, 3.05) is 6.26 Å². The van der Waals surface area contributed by atoms with Gasteiger partial charge in [0.05, 0.1) is 10.6 Å². The van der Waals surface area contributed by atoms with Crippen LogP contribution in [0.1, 0.15) is 13.3 Å². The summed E-state index contributed by atoms with van der Waals surface area (Å²) in [6, 6.07) is 6.51. The Morgan fingerprint density at radius 3 is 2.37 bits per heavy atom. The molecule has 1 aliphatic carbocycles. The molecule has 1 aromatic rings. The molecule has 100 valence electrons. The highest BCUT2D eigenvalue weighted by Gasteiger charge is 2.07. The van der Waals surface area contributed by atoms with Gasteiger partial charge >= 0.3 is 0 Å². The molecule has 0 unspecified atom stereocenters. The van der Waals surface area contributed by atoms with Gasteiger partial charge in [0.1, 0.15) is 0 Å². The minimum absolute atomic E-state index is 0.297. The van der Waals surface area contributed by atoms with Crippen molar-refractivity contribution >= 4 is 21.2 Å². The summed E-state index contributed by atoms with van der Waals surface area (Å²) in [4.78, 5) is 4.74. The predicted octanol–water partition coefficient (Wildman–Crippen LogP) is 2.36. The van der Waals surface area contributed by atoms with E-state index in [1.807, 2.05) is 19.1 Å².